The van der Waals surface area contributed by atoms with Gasteiger partial charge in [0.15, 0.2) is 0 Å². The molecule has 1 unspecified atom stereocenters. The highest BCUT2D eigenvalue weighted by Gasteiger charge is 2.12. The van der Waals surface area contributed by atoms with E-state index in [9.17, 15) is 9.18 Å². The Morgan fingerprint density at radius 3 is 2.50 bits per heavy atom. The average molecular weight is 223 g/mol. The summed E-state index contributed by atoms with van der Waals surface area (Å²) >= 11 is 0. The third kappa shape index (κ3) is 3.65. The predicted octanol–water partition coefficient (Wildman–Crippen LogP) is 2.53. The van der Waals surface area contributed by atoms with Crippen LogP contribution in [0.3, 0.4) is 0 Å². The highest BCUT2D eigenvalue weighted by atomic mass is 19.1. The van der Waals surface area contributed by atoms with Gasteiger partial charge in [-0.25, -0.2) is 4.39 Å². The van der Waals surface area contributed by atoms with Gasteiger partial charge in [0.1, 0.15) is 5.82 Å². The highest BCUT2D eigenvalue weighted by Crippen LogP contribution is 2.07. The Kier molecular flexibility index (Phi) is 4.47. The maximum atomic E-state index is 13.3. The predicted molar refractivity (Wildman–Crippen MR) is 62.5 cm³/mol. The van der Waals surface area contributed by atoms with Gasteiger partial charge in [0, 0.05) is 6.04 Å². The molecule has 1 aromatic carbocycles. The van der Waals surface area contributed by atoms with Crippen molar-refractivity contribution in [1.82, 2.24) is 5.32 Å². The molecule has 1 N–H and O–H groups in total. The number of carbonyl (C=O) groups excluding carboxylic acids is 1. The van der Waals surface area contributed by atoms with Crippen LogP contribution in [0.25, 0.3) is 0 Å². The zero-order valence-corrected chi connectivity index (χ0v) is 9.96. The Morgan fingerprint density at radius 2 is 1.94 bits per heavy atom. The monoisotopic (exact) mass is 223 g/mol. The van der Waals surface area contributed by atoms with E-state index in [1.165, 1.54) is 6.07 Å². The number of amides is 1. The third-order valence-corrected chi connectivity index (χ3v) is 2.70. The average Bonchev–Trinajstić information content (AvgIpc) is 2.21. The summed E-state index contributed by atoms with van der Waals surface area (Å²) in [5, 5.41) is 2.85. The number of rotatable bonds is 4. The maximum absolute atomic E-state index is 13.3. The Morgan fingerprint density at radius 1 is 1.31 bits per heavy atom. The van der Waals surface area contributed by atoms with Gasteiger partial charge in [0.25, 0.3) is 0 Å². The lowest BCUT2D eigenvalue weighted by molar-refractivity contribution is -0.121. The van der Waals surface area contributed by atoms with Crippen LogP contribution >= 0.6 is 0 Å². The first-order valence-electron chi connectivity index (χ1n) is 5.53. The second-order valence-electron chi connectivity index (χ2n) is 4.37. The fourth-order valence-electron chi connectivity index (χ4n) is 1.29. The zero-order chi connectivity index (χ0) is 12.1. The van der Waals surface area contributed by atoms with Gasteiger partial charge in [0.2, 0.25) is 5.91 Å². The molecule has 0 radical (unpaired) electrons. The van der Waals surface area contributed by atoms with Gasteiger partial charge in [-0.3, -0.25) is 4.79 Å². The van der Waals surface area contributed by atoms with Gasteiger partial charge in [-0.15, -0.1) is 0 Å². The van der Waals surface area contributed by atoms with E-state index in [1.54, 1.807) is 18.2 Å². The van der Waals surface area contributed by atoms with Gasteiger partial charge in [-0.1, -0.05) is 32.0 Å². The molecule has 1 atom stereocenters. The van der Waals surface area contributed by atoms with E-state index < -0.39 is 0 Å². The van der Waals surface area contributed by atoms with Crippen LogP contribution in [-0.4, -0.2) is 11.9 Å². The van der Waals surface area contributed by atoms with Gasteiger partial charge in [0.05, 0.1) is 6.42 Å². The van der Waals surface area contributed by atoms with Crippen LogP contribution in [0.15, 0.2) is 24.3 Å². The molecule has 0 aliphatic carbocycles. The standard InChI is InChI=1S/C13H18FNO/c1-9(2)10(3)15-13(16)8-11-6-4-5-7-12(11)14/h4-7,9-10H,8H2,1-3H3,(H,15,16). The molecule has 1 aromatic rings. The molecule has 16 heavy (non-hydrogen) atoms. The molecule has 0 heterocycles. The van der Waals surface area contributed by atoms with Crippen molar-refractivity contribution in [2.24, 2.45) is 5.92 Å². The Hall–Kier alpha value is -1.38. The fourth-order valence-corrected chi connectivity index (χ4v) is 1.29. The van der Waals surface area contributed by atoms with E-state index in [0.29, 0.717) is 11.5 Å². The molecule has 0 saturated heterocycles. The largest absolute Gasteiger partial charge is 0.353 e. The number of hydrogen-bond acceptors (Lipinski definition) is 1. The summed E-state index contributed by atoms with van der Waals surface area (Å²) in [5.41, 5.74) is 0.441. The summed E-state index contributed by atoms with van der Waals surface area (Å²) in [5.74, 6) is -0.0780. The van der Waals surface area contributed by atoms with E-state index in [1.807, 2.05) is 20.8 Å². The first-order chi connectivity index (χ1) is 7.50. The van der Waals surface area contributed by atoms with Crippen LogP contribution in [0.5, 0.6) is 0 Å². The molecule has 0 aliphatic rings. The van der Waals surface area contributed by atoms with Crippen LogP contribution in [0.2, 0.25) is 0 Å². The van der Waals surface area contributed by atoms with Crippen LogP contribution < -0.4 is 5.32 Å². The number of carbonyl (C=O) groups is 1. The van der Waals surface area contributed by atoms with E-state index in [2.05, 4.69) is 5.32 Å². The second kappa shape index (κ2) is 5.64. The topological polar surface area (TPSA) is 29.1 Å². The number of nitrogens with one attached hydrogen (secondary N) is 1. The maximum Gasteiger partial charge on any atom is 0.224 e. The molecule has 88 valence electrons. The van der Waals surface area contributed by atoms with Crippen LogP contribution in [0, 0.1) is 11.7 Å². The zero-order valence-electron chi connectivity index (χ0n) is 9.96. The molecule has 1 amide bonds. The lowest BCUT2D eigenvalue weighted by Gasteiger charge is -2.17. The van der Waals surface area contributed by atoms with Crippen molar-refractivity contribution in [2.75, 3.05) is 0 Å². The summed E-state index contributed by atoms with van der Waals surface area (Å²) < 4.78 is 13.3. The summed E-state index contributed by atoms with van der Waals surface area (Å²) in [6, 6.07) is 6.47. The minimum atomic E-state index is -0.324. The van der Waals surface area contributed by atoms with Crippen molar-refractivity contribution in [2.45, 2.75) is 33.2 Å². The first-order valence-corrected chi connectivity index (χ1v) is 5.53. The van der Waals surface area contributed by atoms with Crippen LogP contribution in [-0.2, 0) is 11.2 Å². The SMILES string of the molecule is CC(C)C(C)NC(=O)Cc1ccccc1F. The minimum Gasteiger partial charge on any atom is -0.353 e. The lowest BCUT2D eigenvalue weighted by atomic mass is 10.1. The van der Waals surface area contributed by atoms with E-state index in [-0.39, 0.29) is 24.2 Å². The molecular formula is C13H18FNO. The Balaban J connectivity index is 2.55. The molecule has 0 bridgehead atoms. The lowest BCUT2D eigenvalue weighted by Crippen LogP contribution is -2.37. The van der Waals surface area contributed by atoms with E-state index >= 15 is 0 Å². The van der Waals surface area contributed by atoms with Gasteiger partial charge < -0.3 is 5.32 Å². The second-order valence-corrected chi connectivity index (χ2v) is 4.37. The van der Waals surface area contributed by atoms with Crippen molar-refractivity contribution in [3.05, 3.63) is 35.6 Å². The van der Waals surface area contributed by atoms with Gasteiger partial charge in [-0.2, -0.15) is 0 Å². The van der Waals surface area contributed by atoms with Crippen LogP contribution in [0.4, 0.5) is 4.39 Å². The normalized spacial score (nSPS) is 12.6. The van der Waals surface area contributed by atoms with Crippen molar-refractivity contribution in [3.63, 3.8) is 0 Å². The molecule has 3 heteroatoms. The van der Waals surface area contributed by atoms with Crippen LogP contribution in [0.1, 0.15) is 26.3 Å². The number of hydrogen-bond donors (Lipinski definition) is 1. The molecular weight excluding hydrogens is 205 g/mol. The minimum absolute atomic E-state index is 0.101. The molecule has 2 nitrogen and oxygen atoms in total. The van der Waals surface area contributed by atoms with E-state index in [4.69, 9.17) is 0 Å². The van der Waals surface area contributed by atoms with Gasteiger partial charge in [-0.05, 0) is 24.5 Å². The summed E-state index contributed by atoms with van der Waals surface area (Å²) in [6.07, 6.45) is 0.101. The molecule has 0 fully saturated rings. The summed E-state index contributed by atoms with van der Waals surface area (Å²) in [7, 11) is 0. The summed E-state index contributed by atoms with van der Waals surface area (Å²) in [6.45, 7) is 6.02. The fraction of sp³-hybridized carbons (Fsp3) is 0.462. The van der Waals surface area contributed by atoms with Crippen molar-refractivity contribution >= 4 is 5.91 Å². The quantitative estimate of drug-likeness (QED) is 0.835. The molecule has 1 rings (SSSR count). The Bertz CT molecular complexity index is 363. The van der Waals surface area contributed by atoms with E-state index in [0.717, 1.165) is 0 Å². The van der Waals surface area contributed by atoms with Gasteiger partial charge >= 0.3 is 0 Å². The van der Waals surface area contributed by atoms with Crippen molar-refractivity contribution < 1.29 is 9.18 Å². The summed E-state index contributed by atoms with van der Waals surface area (Å²) in [4.78, 5) is 11.6. The van der Waals surface area contributed by atoms with Crippen molar-refractivity contribution in [3.8, 4) is 0 Å². The number of halogens is 1. The molecule has 0 aliphatic heterocycles. The smallest absolute Gasteiger partial charge is 0.224 e. The van der Waals surface area contributed by atoms with Crippen molar-refractivity contribution in [1.29, 1.82) is 0 Å². The molecule has 0 spiro atoms. The molecule has 0 aromatic heterocycles. The highest BCUT2D eigenvalue weighted by molar-refractivity contribution is 5.78. The third-order valence-electron chi connectivity index (χ3n) is 2.70. The first kappa shape index (κ1) is 12.7. The molecule has 0 saturated carbocycles. The Labute approximate surface area is 95.9 Å². The number of benzene rings is 1.